The van der Waals surface area contributed by atoms with Crippen molar-refractivity contribution in [3.8, 4) is 0 Å². The number of aliphatic hydroxyl groups excluding tert-OH is 1. The lowest BCUT2D eigenvalue weighted by Crippen LogP contribution is -2.34. The Labute approximate surface area is 192 Å². The van der Waals surface area contributed by atoms with Gasteiger partial charge in [0.15, 0.2) is 0 Å². The zero-order valence-electron chi connectivity index (χ0n) is 18.7. The average molecular weight is 451 g/mol. The summed E-state index contributed by atoms with van der Waals surface area (Å²) < 4.78 is 1.87. The molecule has 2 fully saturated rings. The summed E-state index contributed by atoms with van der Waals surface area (Å²) in [5.41, 5.74) is 2.15. The van der Waals surface area contributed by atoms with E-state index in [2.05, 4.69) is 31.2 Å². The number of nitrogens with one attached hydrogen (secondary N) is 1. The van der Waals surface area contributed by atoms with Gasteiger partial charge in [-0.1, -0.05) is 18.9 Å². The summed E-state index contributed by atoms with van der Waals surface area (Å²) in [6.45, 7) is 2.95. The highest BCUT2D eigenvalue weighted by atomic mass is 16.4. The molecule has 3 N–H and O–H groups in total. The molecule has 0 unspecified atom stereocenters. The van der Waals surface area contributed by atoms with Gasteiger partial charge in [-0.05, 0) is 62.4 Å². The number of β-amino-alcohol motifs (C(OH)–C–C–N with tert-alkyl or cyclic N) is 1. The number of aromatic nitrogens is 4. The molecule has 9 heteroatoms. The van der Waals surface area contributed by atoms with Gasteiger partial charge in [0.05, 0.1) is 6.61 Å². The zero-order valence-corrected chi connectivity index (χ0v) is 18.7. The minimum Gasteiger partial charge on any atom is -0.477 e. The first kappa shape index (κ1) is 21.8. The monoisotopic (exact) mass is 450 g/mol. The van der Waals surface area contributed by atoms with Crippen LogP contribution in [0.3, 0.4) is 0 Å². The van der Waals surface area contributed by atoms with Crippen molar-refractivity contribution in [2.75, 3.05) is 31.6 Å². The molecule has 0 aromatic carbocycles. The van der Waals surface area contributed by atoms with E-state index in [1.165, 1.54) is 5.56 Å². The number of hydrogen-bond acceptors (Lipinski definition) is 7. The summed E-state index contributed by atoms with van der Waals surface area (Å²) >= 11 is 0. The topological polar surface area (TPSA) is 116 Å². The second-order valence-corrected chi connectivity index (χ2v) is 9.06. The van der Waals surface area contributed by atoms with Gasteiger partial charge in [-0.25, -0.2) is 14.8 Å². The third-order valence-corrected chi connectivity index (χ3v) is 6.99. The second kappa shape index (κ2) is 9.44. The minimum atomic E-state index is -0.936. The van der Waals surface area contributed by atoms with Gasteiger partial charge in [0, 0.05) is 30.4 Å². The van der Waals surface area contributed by atoms with Gasteiger partial charge in [-0.15, -0.1) is 0 Å². The number of anilines is 2. The van der Waals surface area contributed by atoms with E-state index in [4.69, 9.17) is 5.11 Å². The number of carbonyl (C=O) groups is 1. The molecule has 1 saturated carbocycles. The number of aromatic carboxylic acids is 1. The van der Waals surface area contributed by atoms with Gasteiger partial charge in [0.25, 0.3) is 0 Å². The largest absolute Gasteiger partial charge is 0.477 e. The summed E-state index contributed by atoms with van der Waals surface area (Å²) in [7, 11) is 0. The summed E-state index contributed by atoms with van der Waals surface area (Å²) in [5, 5.41) is 22.7. The Kier molecular flexibility index (Phi) is 6.24. The van der Waals surface area contributed by atoms with Crippen molar-refractivity contribution in [1.82, 2.24) is 24.4 Å². The minimum absolute atomic E-state index is 0.164. The van der Waals surface area contributed by atoms with Crippen molar-refractivity contribution in [2.24, 2.45) is 0 Å². The summed E-state index contributed by atoms with van der Waals surface area (Å²) in [5.74, 6) is 0.620. The molecule has 1 aliphatic carbocycles. The molecule has 9 nitrogen and oxygen atoms in total. The SMILES string of the molecule is O=C(O)c1cc2cnc(Nc3ccc(C4CCN(CCO)CC4)cn3)nc2n1C1CCCC1. The molecule has 4 heterocycles. The number of fused-ring (bicyclic) bond motifs is 1. The predicted molar refractivity (Wildman–Crippen MR) is 125 cm³/mol. The van der Waals surface area contributed by atoms with Crippen LogP contribution in [0.1, 0.15) is 66.5 Å². The van der Waals surface area contributed by atoms with Gasteiger partial charge in [0.1, 0.15) is 17.2 Å². The van der Waals surface area contributed by atoms with Crippen molar-refractivity contribution in [2.45, 2.75) is 50.5 Å². The van der Waals surface area contributed by atoms with Crippen LogP contribution in [0.4, 0.5) is 11.8 Å². The molecule has 33 heavy (non-hydrogen) atoms. The number of carboxylic acids is 1. The molecule has 0 amide bonds. The predicted octanol–water partition coefficient (Wildman–Crippen LogP) is 3.55. The number of likely N-dealkylation sites (tertiary alicyclic amines) is 1. The van der Waals surface area contributed by atoms with Crippen LogP contribution in [-0.2, 0) is 0 Å². The van der Waals surface area contributed by atoms with E-state index >= 15 is 0 Å². The molecule has 3 aromatic rings. The van der Waals surface area contributed by atoms with Crippen LogP contribution in [0.15, 0.2) is 30.6 Å². The highest BCUT2D eigenvalue weighted by Gasteiger charge is 2.25. The van der Waals surface area contributed by atoms with Crippen LogP contribution >= 0.6 is 0 Å². The summed E-state index contributed by atoms with van der Waals surface area (Å²) in [6.07, 6.45) is 9.88. The van der Waals surface area contributed by atoms with E-state index in [0.29, 0.717) is 23.3 Å². The molecule has 5 rings (SSSR count). The lowest BCUT2D eigenvalue weighted by atomic mass is 9.90. The fraction of sp³-hybridized carbons (Fsp3) is 0.500. The Morgan fingerprint density at radius 3 is 2.55 bits per heavy atom. The van der Waals surface area contributed by atoms with Gasteiger partial charge in [0.2, 0.25) is 5.95 Å². The van der Waals surface area contributed by atoms with Crippen LogP contribution < -0.4 is 5.32 Å². The first-order chi connectivity index (χ1) is 16.1. The molecule has 0 radical (unpaired) electrons. The quantitative estimate of drug-likeness (QED) is 0.500. The van der Waals surface area contributed by atoms with Crippen molar-refractivity contribution in [3.63, 3.8) is 0 Å². The third kappa shape index (κ3) is 4.56. The van der Waals surface area contributed by atoms with E-state index in [0.717, 1.165) is 63.5 Å². The van der Waals surface area contributed by atoms with Crippen LogP contribution in [0.5, 0.6) is 0 Å². The van der Waals surface area contributed by atoms with Crippen molar-refractivity contribution in [1.29, 1.82) is 0 Å². The number of pyridine rings is 1. The lowest BCUT2D eigenvalue weighted by Gasteiger charge is -2.31. The molecule has 0 spiro atoms. The standard InChI is InChI=1S/C24H30N6O3/c31-12-11-29-9-7-16(8-10-29)17-5-6-21(25-14-17)27-24-26-15-18-13-20(23(32)33)30(22(18)28-24)19-3-1-2-4-19/h5-6,13-16,19,31H,1-4,7-12H2,(H,32,33)(H,25,26,27,28). The van der Waals surface area contributed by atoms with Gasteiger partial charge in [-0.3, -0.25) is 0 Å². The summed E-state index contributed by atoms with van der Waals surface area (Å²) in [6, 6.07) is 5.88. The Morgan fingerprint density at radius 2 is 1.88 bits per heavy atom. The molecule has 0 bridgehead atoms. The number of hydrogen-bond donors (Lipinski definition) is 3. The maximum absolute atomic E-state index is 11.8. The maximum Gasteiger partial charge on any atom is 0.352 e. The Balaban J connectivity index is 1.33. The van der Waals surface area contributed by atoms with Crippen LogP contribution in [0.2, 0.25) is 0 Å². The van der Waals surface area contributed by atoms with Crippen molar-refractivity contribution >= 4 is 28.8 Å². The number of rotatable bonds is 7. The maximum atomic E-state index is 11.8. The van der Waals surface area contributed by atoms with Crippen LogP contribution in [0.25, 0.3) is 11.0 Å². The highest BCUT2D eigenvalue weighted by molar-refractivity contribution is 5.93. The molecule has 1 saturated heterocycles. The Morgan fingerprint density at radius 1 is 1.09 bits per heavy atom. The smallest absolute Gasteiger partial charge is 0.352 e. The molecule has 174 valence electrons. The molecular formula is C24H30N6O3. The zero-order chi connectivity index (χ0) is 22.8. The van der Waals surface area contributed by atoms with Crippen LogP contribution in [0, 0.1) is 0 Å². The van der Waals surface area contributed by atoms with E-state index in [1.54, 1.807) is 12.3 Å². The fourth-order valence-corrected chi connectivity index (χ4v) is 5.23. The van der Waals surface area contributed by atoms with Gasteiger partial charge < -0.3 is 25.0 Å². The normalized spacial score (nSPS) is 18.2. The van der Waals surface area contributed by atoms with E-state index < -0.39 is 5.97 Å². The van der Waals surface area contributed by atoms with Crippen LogP contribution in [-0.4, -0.2) is 66.8 Å². The Bertz CT molecular complexity index is 1120. The van der Waals surface area contributed by atoms with Gasteiger partial charge >= 0.3 is 5.97 Å². The van der Waals surface area contributed by atoms with E-state index in [-0.39, 0.29) is 18.3 Å². The number of piperidine rings is 1. The van der Waals surface area contributed by atoms with Gasteiger partial charge in [-0.2, -0.15) is 4.98 Å². The number of nitrogens with zero attached hydrogens (tertiary/aromatic N) is 5. The molecular weight excluding hydrogens is 420 g/mol. The molecule has 3 aromatic heterocycles. The molecule has 1 aliphatic heterocycles. The Hall–Kier alpha value is -3.04. The van der Waals surface area contributed by atoms with E-state index in [1.807, 2.05) is 16.8 Å². The number of aliphatic hydroxyl groups is 1. The lowest BCUT2D eigenvalue weighted by molar-refractivity contribution is 0.0683. The van der Waals surface area contributed by atoms with Crippen molar-refractivity contribution < 1.29 is 15.0 Å². The highest BCUT2D eigenvalue weighted by Crippen LogP contribution is 2.34. The van der Waals surface area contributed by atoms with E-state index in [9.17, 15) is 9.90 Å². The fourth-order valence-electron chi connectivity index (χ4n) is 5.23. The first-order valence-electron chi connectivity index (χ1n) is 11.8. The second-order valence-electron chi connectivity index (χ2n) is 9.06. The average Bonchev–Trinajstić information content (AvgIpc) is 3.48. The van der Waals surface area contributed by atoms with Crippen molar-refractivity contribution in [3.05, 3.63) is 41.9 Å². The molecule has 0 atom stereocenters. The summed E-state index contributed by atoms with van der Waals surface area (Å²) in [4.78, 5) is 27.8. The first-order valence-corrected chi connectivity index (χ1v) is 11.8. The third-order valence-electron chi connectivity index (χ3n) is 6.99. The number of carboxylic acid groups (broad SMARTS) is 1. The molecule has 2 aliphatic rings.